The first-order valence-corrected chi connectivity index (χ1v) is 9.20. The molecule has 2 aliphatic rings. The van der Waals surface area contributed by atoms with Crippen molar-refractivity contribution >= 4 is 11.8 Å². The first-order chi connectivity index (χ1) is 9.17. The number of aliphatic hydroxyl groups is 1. The van der Waals surface area contributed by atoms with Crippen molar-refractivity contribution in [3.63, 3.8) is 0 Å². The lowest BCUT2D eigenvalue weighted by Crippen LogP contribution is -2.48. The summed E-state index contributed by atoms with van der Waals surface area (Å²) in [6, 6.07) is 0. The summed E-state index contributed by atoms with van der Waals surface area (Å²) >= 11 is 2.09. The molecule has 118 valence electrons. The average Bonchev–Trinajstić information content (AvgIpc) is 2.29. The van der Waals surface area contributed by atoms with Crippen LogP contribution in [-0.4, -0.2) is 46.2 Å². The lowest BCUT2D eigenvalue weighted by Gasteiger charge is -2.44. The van der Waals surface area contributed by atoms with Gasteiger partial charge in [0.15, 0.2) is 0 Å². The van der Waals surface area contributed by atoms with Gasteiger partial charge in [0.25, 0.3) is 0 Å². The number of rotatable bonds is 2. The van der Waals surface area contributed by atoms with Crippen molar-refractivity contribution in [2.75, 3.05) is 25.4 Å². The molecule has 3 atom stereocenters. The molecule has 0 spiro atoms. The standard InChI is InChI=1S/C17H33NOS/c1-16(2,3)14-6-7-15(19)13(10-14)11-18-8-9-20-17(4,5)12-18/h13-15,19H,6-12H2,1-5H3. The van der Waals surface area contributed by atoms with Crippen LogP contribution in [0.5, 0.6) is 0 Å². The van der Waals surface area contributed by atoms with Gasteiger partial charge < -0.3 is 10.0 Å². The van der Waals surface area contributed by atoms with E-state index in [2.05, 4.69) is 51.3 Å². The molecule has 2 fully saturated rings. The highest BCUT2D eigenvalue weighted by Crippen LogP contribution is 2.41. The van der Waals surface area contributed by atoms with Crippen molar-refractivity contribution in [1.82, 2.24) is 4.90 Å². The molecule has 1 N–H and O–H groups in total. The minimum atomic E-state index is -0.0775. The van der Waals surface area contributed by atoms with Gasteiger partial charge in [-0.05, 0) is 50.4 Å². The van der Waals surface area contributed by atoms with Gasteiger partial charge in [-0.3, -0.25) is 0 Å². The number of aliphatic hydroxyl groups excluding tert-OH is 1. The molecule has 2 rings (SSSR count). The highest BCUT2D eigenvalue weighted by Gasteiger charge is 2.37. The van der Waals surface area contributed by atoms with Crippen LogP contribution in [0.3, 0.4) is 0 Å². The molecule has 2 nitrogen and oxygen atoms in total. The van der Waals surface area contributed by atoms with E-state index < -0.39 is 0 Å². The number of hydrogen-bond acceptors (Lipinski definition) is 3. The van der Waals surface area contributed by atoms with Crippen molar-refractivity contribution in [2.24, 2.45) is 17.3 Å². The Morgan fingerprint density at radius 1 is 1.25 bits per heavy atom. The van der Waals surface area contributed by atoms with Gasteiger partial charge in [-0.25, -0.2) is 0 Å². The average molecular weight is 300 g/mol. The fourth-order valence-corrected chi connectivity index (χ4v) is 5.01. The highest BCUT2D eigenvalue weighted by atomic mass is 32.2. The molecular weight excluding hydrogens is 266 g/mol. The van der Waals surface area contributed by atoms with Crippen molar-refractivity contribution in [1.29, 1.82) is 0 Å². The van der Waals surface area contributed by atoms with Gasteiger partial charge in [0.2, 0.25) is 0 Å². The Hall–Kier alpha value is 0.270. The fraction of sp³-hybridized carbons (Fsp3) is 1.00. The van der Waals surface area contributed by atoms with E-state index in [1.54, 1.807) is 0 Å². The third-order valence-corrected chi connectivity index (χ3v) is 6.46. The van der Waals surface area contributed by atoms with Gasteiger partial charge in [0, 0.05) is 30.1 Å². The van der Waals surface area contributed by atoms with Gasteiger partial charge in [-0.2, -0.15) is 11.8 Å². The molecule has 1 heterocycles. The Kier molecular flexibility index (Phi) is 5.14. The first kappa shape index (κ1) is 16.6. The summed E-state index contributed by atoms with van der Waals surface area (Å²) in [4.78, 5) is 2.59. The molecule has 1 saturated carbocycles. The second kappa shape index (κ2) is 6.18. The predicted octanol–water partition coefficient (Wildman–Crippen LogP) is 3.64. The zero-order chi connectivity index (χ0) is 15.0. The van der Waals surface area contributed by atoms with Gasteiger partial charge in [0.1, 0.15) is 0 Å². The van der Waals surface area contributed by atoms with E-state index in [0.717, 1.165) is 18.9 Å². The summed E-state index contributed by atoms with van der Waals surface area (Å²) in [6.07, 6.45) is 3.32. The molecule has 3 heteroatoms. The Balaban J connectivity index is 1.93. The minimum absolute atomic E-state index is 0.0775. The summed E-state index contributed by atoms with van der Waals surface area (Å²) < 4.78 is 0.376. The molecule has 20 heavy (non-hydrogen) atoms. The lowest BCUT2D eigenvalue weighted by molar-refractivity contribution is 0.00272. The van der Waals surface area contributed by atoms with Crippen LogP contribution < -0.4 is 0 Å². The van der Waals surface area contributed by atoms with Crippen molar-refractivity contribution in [3.8, 4) is 0 Å². The van der Waals surface area contributed by atoms with Gasteiger partial charge >= 0.3 is 0 Å². The second-order valence-corrected chi connectivity index (χ2v) is 10.3. The summed E-state index contributed by atoms with van der Waals surface area (Å²) in [7, 11) is 0. The maximum absolute atomic E-state index is 10.4. The maximum Gasteiger partial charge on any atom is 0.0580 e. The summed E-state index contributed by atoms with van der Waals surface area (Å²) in [6.45, 7) is 15.2. The van der Waals surface area contributed by atoms with Crippen LogP contribution >= 0.6 is 11.8 Å². The molecule has 0 aromatic heterocycles. The van der Waals surface area contributed by atoms with Gasteiger partial charge in [-0.1, -0.05) is 20.8 Å². The first-order valence-electron chi connectivity index (χ1n) is 8.22. The SMILES string of the molecule is CC1(C)CN(CC2CC(C(C)(C)C)CCC2O)CCS1. The summed E-state index contributed by atoms with van der Waals surface area (Å²) in [5.41, 5.74) is 0.384. The van der Waals surface area contributed by atoms with Crippen LogP contribution in [-0.2, 0) is 0 Å². The molecule has 1 aliphatic carbocycles. The third kappa shape index (κ3) is 4.38. The van der Waals surface area contributed by atoms with E-state index in [4.69, 9.17) is 0 Å². The largest absolute Gasteiger partial charge is 0.393 e. The normalized spacial score (nSPS) is 36.0. The van der Waals surface area contributed by atoms with E-state index >= 15 is 0 Å². The smallest absolute Gasteiger partial charge is 0.0580 e. The monoisotopic (exact) mass is 299 g/mol. The molecule has 0 aromatic rings. The molecule has 1 saturated heterocycles. The number of nitrogens with zero attached hydrogens (tertiary/aromatic N) is 1. The van der Waals surface area contributed by atoms with Crippen LogP contribution in [0.25, 0.3) is 0 Å². The second-order valence-electron chi connectivity index (χ2n) is 8.55. The van der Waals surface area contributed by atoms with E-state index in [0.29, 0.717) is 16.1 Å². The zero-order valence-corrected chi connectivity index (χ0v) is 14.8. The van der Waals surface area contributed by atoms with Crippen LogP contribution in [0.1, 0.15) is 53.9 Å². The van der Waals surface area contributed by atoms with E-state index in [1.807, 2.05) is 0 Å². The van der Waals surface area contributed by atoms with Crippen LogP contribution in [0.2, 0.25) is 0 Å². The lowest BCUT2D eigenvalue weighted by atomic mass is 9.68. The van der Waals surface area contributed by atoms with Crippen molar-refractivity contribution in [3.05, 3.63) is 0 Å². The molecule has 0 aromatic carbocycles. The third-order valence-electron chi connectivity index (χ3n) is 5.16. The number of thioether (sulfide) groups is 1. The minimum Gasteiger partial charge on any atom is -0.393 e. The highest BCUT2D eigenvalue weighted by molar-refractivity contribution is 8.00. The Morgan fingerprint density at radius 3 is 2.55 bits per heavy atom. The molecule has 1 aliphatic heterocycles. The fourth-order valence-electron chi connectivity index (χ4n) is 3.83. The predicted molar refractivity (Wildman–Crippen MR) is 89.3 cm³/mol. The van der Waals surface area contributed by atoms with E-state index in [1.165, 1.54) is 31.7 Å². The quantitative estimate of drug-likeness (QED) is 0.842. The van der Waals surface area contributed by atoms with Crippen molar-refractivity contribution in [2.45, 2.75) is 64.7 Å². The molecule has 3 unspecified atom stereocenters. The topological polar surface area (TPSA) is 23.5 Å². The van der Waals surface area contributed by atoms with E-state index in [9.17, 15) is 5.11 Å². The maximum atomic E-state index is 10.4. The Bertz CT molecular complexity index is 323. The zero-order valence-electron chi connectivity index (χ0n) is 14.0. The van der Waals surface area contributed by atoms with Crippen LogP contribution in [0.4, 0.5) is 0 Å². The molecule has 0 amide bonds. The summed E-state index contributed by atoms with van der Waals surface area (Å²) in [5, 5.41) is 10.4. The molecule has 0 bridgehead atoms. The Morgan fingerprint density at radius 2 is 1.95 bits per heavy atom. The number of hydrogen-bond donors (Lipinski definition) is 1. The van der Waals surface area contributed by atoms with Crippen LogP contribution in [0.15, 0.2) is 0 Å². The molecular formula is C17H33NOS. The summed E-state index contributed by atoms with van der Waals surface area (Å²) in [5.74, 6) is 2.48. The van der Waals surface area contributed by atoms with E-state index in [-0.39, 0.29) is 6.10 Å². The van der Waals surface area contributed by atoms with Gasteiger partial charge in [-0.15, -0.1) is 0 Å². The molecule has 0 radical (unpaired) electrons. The van der Waals surface area contributed by atoms with Gasteiger partial charge in [0.05, 0.1) is 6.10 Å². The Labute approximate surface area is 129 Å². The van der Waals surface area contributed by atoms with Crippen molar-refractivity contribution < 1.29 is 5.11 Å². The van der Waals surface area contributed by atoms with Crippen LogP contribution in [0, 0.1) is 17.3 Å².